The van der Waals surface area contributed by atoms with Crippen molar-refractivity contribution < 1.29 is 18.9 Å². The van der Waals surface area contributed by atoms with Gasteiger partial charge in [0, 0.05) is 11.8 Å². The first-order valence-electron chi connectivity index (χ1n) is 7.58. The van der Waals surface area contributed by atoms with Crippen LogP contribution in [0.25, 0.3) is 0 Å². The van der Waals surface area contributed by atoms with Crippen LogP contribution in [-0.2, 0) is 18.9 Å². The maximum Gasteiger partial charge on any atom is 0.188 e. The Morgan fingerprint density at radius 3 is 1.20 bits per heavy atom. The predicted molar refractivity (Wildman–Crippen MR) is 73.5 cm³/mol. The van der Waals surface area contributed by atoms with E-state index >= 15 is 0 Å². The van der Waals surface area contributed by atoms with Crippen LogP contribution in [0.4, 0.5) is 0 Å². The van der Waals surface area contributed by atoms with Crippen molar-refractivity contribution in [2.75, 3.05) is 26.4 Å². The molecule has 0 aromatic carbocycles. The van der Waals surface area contributed by atoms with Crippen LogP contribution in [0.15, 0.2) is 0 Å². The van der Waals surface area contributed by atoms with Gasteiger partial charge < -0.3 is 18.9 Å². The van der Waals surface area contributed by atoms with Gasteiger partial charge in [-0.15, -0.1) is 0 Å². The van der Waals surface area contributed by atoms with Gasteiger partial charge in [0.1, 0.15) is 0 Å². The van der Waals surface area contributed by atoms with Crippen molar-refractivity contribution in [1.29, 1.82) is 0 Å². The van der Waals surface area contributed by atoms with Crippen LogP contribution in [0.1, 0.15) is 0 Å². The highest BCUT2D eigenvalue weighted by Crippen LogP contribution is 2.99. The second-order valence-corrected chi connectivity index (χ2v) is 10.0. The van der Waals surface area contributed by atoms with Crippen LogP contribution in [0.5, 0.6) is 0 Å². The summed E-state index contributed by atoms with van der Waals surface area (Å²) >= 11 is 8.19. The van der Waals surface area contributed by atoms with Gasteiger partial charge in [0.05, 0.1) is 35.1 Å². The van der Waals surface area contributed by atoms with Crippen LogP contribution in [0, 0.1) is 35.5 Å². The van der Waals surface area contributed by atoms with Gasteiger partial charge in [0.25, 0.3) is 0 Å². The maximum absolute atomic E-state index is 6.23. The van der Waals surface area contributed by atoms with Crippen LogP contribution < -0.4 is 0 Å². The van der Waals surface area contributed by atoms with Gasteiger partial charge in [-0.3, -0.25) is 0 Å². The number of alkyl halides is 2. The molecule has 8 fully saturated rings. The molecule has 2 spiro atoms. The molecule has 4 bridgehead atoms. The van der Waals surface area contributed by atoms with Gasteiger partial charge in [-0.2, -0.15) is 0 Å². The third-order valence-corrected chi connectivity index (χ3v) is 10.9. The Morgan fingerprint density at radius 2 is 0.850 bits per heavy atom. The van der Waals surface area contributed by atoms with Crippen LogP contribution in [-0.4, -0.2) is 46.7 Å². The Kier molecular flexibility index (Phi) is 1.54. The van der Waals surface area contributed by atoms with Gasteiger partial charge in [0.2, 0.25) is 0 Å². The summed E-state index contributed by atoms with van der Waals surface area (Å²) in [5.74, 6) is 2.47. The number of halogens is 2. The molecule has 0 amide bonds. The van der Waals surface area contributed by atoms with E-state index in [1.165, 1.54) is 0 Å². The van der Waals surface area contributed by atoms with E-state index in [1.807, 2.05) is 0 Å². The Balaban J connectivity index is 1.53. The Labute approximate surface area is 133 Å². The minimum Gasteiger partial charge on any atom is -0.346 e. The molecular formula is C14H14Br2O4. The molecule has 4 nitrogen and oxygen atoms in total. The summed E-state index contributed by atoms with van der Waals surface area (Å²) < 4.78 is 25.0. The third-order valence-electron chi connectivity index (χ3n) is 7.64. The Bertz CT molecular complexity index is 522. The van der Waals surface area contributed by atoms with E-state index in [4.69, 9.17) is 18.9 Å². The lowest BCUT2D eigenvalue weighted by Crippen LogP contribution is -2.76. The van der Waals surface area contributed by atoms with Gasteiger partial charge in [0.15, 0.2) is 11.6 Å². The molecule has 2 aliphatic heterocycles. The van der Waals surface area contributed by atoms with Crippen molar-refractivity contribution in [3.8, 4) is 0 Å². The molecule has 0 aromatic rings. The molecule has 0 unspecified atom stereocenters. The predicted octanol–water partition coefficient (Wildman–Crippen LogP) is 1.51. The molecule has 8 atom stereocenters. The molecule has 0 aromatic heterocycles. The zero-order chi connectivity index (χ0) is 13.1. The molecule has 20 heavy (non-hydrogen) atoms. The Hall–Kier alpha value is 0.800. The summed E-state index contributed by atoms with van der Waals surface area (Å²) in [6, 6.07) is 0. The van der Waals surface area contributed by atoms with Crippen LogP contribution in [0.2, 0.25) is 0 Å². The normalized spacial score (nSPS) is 71.1. The largest absolute Gasteiger partial charge is 0.346 e. The smallest absolute Gasteiger partial charge is 0.188 e. The fourth-order valence-corrected chi connectivity index (χ4v) is 11.0. The summed E-state index contributed by atoms with van der Waals surface area (Å²) in [4.78, 5) is 0. The van der Waals surface area contributed by atoms with E-state index in [9.17, 15) is 0 Å². The van der Waals surface area contributed by atoms with Gasteiger partial charge in [-0.05, 0) is 23.7 Å². The lowest BCUT2D eigenvalue weighted by atomic mass is 9.40. The highest BCUT2D eigenvalue weighted by molar-refractivity contribution is 9.10. The molecule has 108 valence electrons. The van der Waals surface area contributed by atoms with E-state index in [1.54, 1.807) is 0 Å². The standard InChI is InChI=1S/C14H14Br2O4/c15-11-5-6-8(11)10-9(13(11)17-1-2-18-13)7(5)12(6,16)14(10)19-3-4-20-14/h5-10H,1-4H2/t5-,6-,7-,8+,9-,10+,11-,12+/m0/s1. The average molecular weight is 406 g/mol. The highest BCUT2D eigenvalue weighted by atomic mass is 79.9. The van der Waals surface area contributed by atoms with Crippen molar-refractivity contribution in [3.05, 3.63) is 0 Å². The summed E-state index contributed by atoms with van der Waals surface area (Å²) in [6.45, 7) is 2.88. The zero-order valence-corrected chi connectivity index (χ0v) is 13.9. The van der Waals surface area contributed by atoms with Crippen molar-refractivity contribution in [3.63, 3.8) is 0 Å². The first-order valence-corrected chi connectivity index (χ1v) is 9.17. The molecule has 6 aliphatic carbocycles. The maximum atomic E-state index is 6.23. The molecular weight excluding hydrogens is 392 g/mol. The second kappa shape index (κ2) is 2.71. The molecule has 0 radical (unpaired) electrons. The zero-order valence-electron chi connectivity index (χ0n) is 10.7. The summed E-state index contributed by atoms with van der Waals surface area (Å²) in [6.07, 6.45) is 0. The number of hydrogen-bond acceptors (Lipinski definition) is 4. The van der Waals surface area contributed by atoms with E-state index in [-0.39, 0.29) is 8.65 Å². The molecule has 2 saturated heterocycles. The molecule has 0 N–H and O–H groups in total. The van der Waals surface area contributed by atoms with Gasteiger partial charge in [-0.1, -0.05) is 31.9 Å². The fourth-order valence-electron chi connectivity index (χ4n) is 7.71. The second-order valence-electron chi connectivity index (χ2n) is 7.42. The summed E-state index contributed by atoms with van der Waals surface area (Å²) in [5, 5.41) is 0. The van der Waals surface area contributed by atoms with Crippen LogP contribution in [0.3, 0.4) is 0 Å². The third kappa shape index (κ3) is 0.636. The summed E-state index contributed by atoms with van der Waals surface area (Å²) in [7, 11) is 0. The van der Waals surface area contributed by atoms with E-state index in [0.29, 0.717) is 35.5 Å². The average Bonchev–Trinajstić information content (AvgIpc) is 3.19. The van der Waals surface area contributed by atoms with E-state index in [2.05, 4.69) is 31.9 Å². The van der Waals surface area contributed by atoms with Crippen molar-refractivity contribution in [2.45, 2.75) is 20.2 Å². The van der Waals surface area contributed by atoms with E-state index < -0.39 is 11.6 Å². The quantitative estimate of drug-likeness (QED) is 0.572. The highest BCUT2D eigenvalue weighted by Gasteiger charge is 3.08. The van der Waals surface area contributed by atoms with Crippen LogP contribution >= 0.6 is 31.9 Å². The first kappa shape index (κ1) is 11.4. The monoisotopic (exact) mass is 404 g/mol. The van der Waals surface area contributed by atoms with Gasteiger partial charge in [-0.25, -0.2) is 0 Å². The molecule has 2 heterocycles. The minimum absolute atomic E-state index is 0.0112. The van der Waals surface area contributed by atoms with Crippen molar-refractivity contribution in [1.82, 2.24) is 0 Å². The number of rotatable bonds is 0. The lowest BCUT2D eigenvalue weighted by molar-refractivity contribution is -0.229. The number of hydrogen-bond donors (Lipinski definition) is 0. The molecule has 6 saturated carbocycles. The fraction of sp³-hybridized carbons (Fsp3) is 1.00. The molecule has 8 aliphatic rings. The lowest BCUT2D eigenvalue weighted by Gasteiger charge is -2.70. The molecule has 8 rings (SSSR count). The minimum atomic E-state index is -0.414. The van der Waals surface area contributed by atoms with Crippen molar-refractivity contribution >= 4 is 31.9 Å². The van der Waals surface area contributed by atoms with E-state index in [0.717, 1.165) is 26.4 Å². The first-order chi connectivity index (χ1) is 9.65. The molecule has 6 heteroatoms. The van der Waals surface area contributed by atoms with Crippen molar-refractivity contribution in [2.24, 2.45) is 35.5 Å². The number of ether oxygens (including phenoxy) is 4. The SMILES string of the molecule is Br[C@]12[C@H]3[C@H]4[C@H]1[C@H]1[C@@H]([C@@H]3[C@]4(Br)C13OCCO3)C21OCCO1. The topological polar surface area (TPSA) is 36.9 Å². The van der Waals surface area contributed by atoms with Gasteiger partial charge >= 0.3 is 0 Å². The summed E-state index contributed by atoms with van der Waals surface area (Å²) in [5.41, 5.74) is 0. The Morgan fingerprint density at radius 1 is 0.550 bits per heavy atom.